The van der Waals surface area contributed by atoms with Crippen molar-refractivity contribution in [3.8, 4) is 0 Å². The summed E-state index contributed by atoms with van der Waals surface area (Å²) in [7, 11) is 1.81. The summed E-state index contributed by atoms with van der Waals surface area (Å²) >= 11 is 1.60. The van der Waals surface area contributed by atoms with Crippen LogP contribution in [-0.4, -0.2) is 38.8 Å². The van der Waals surface area contributed by atoms with E-state index in [1.165, 1.54) is 0 Å². The molecule has 0 aliphatic rings. The second-order valence-electron chi connectivity index (χ2n) is 4.32. The summed E-state index contributed by atoms with van der Waals surface area (Å²) < 4.78 is 1.68. The van der Waals surface area contributed by atoms with Crippen LogP contribution in [0.3, 0.4) is 0 Å². The summed E-state index contributed by atoms with van der Waals surface area (Å²) in [6.45, 7) is 2.67. The molecule has 102 valence electrons. The lowest BCUT2D eigenvalue weighted by Gasteiger charge is -2.19. The predicted octanol–water partition coefficient (Wildman–Crippen LogP) is 1.42. The van der Waals surface area contributed by atoms with Crippen molar-refractivity contribution in [1.29, 1.82) is 0 Å². The third-order valence-corrected chi connectivity index (χ3v) is 3.78. The SMILES string of the molecule is Cc1cc(C(=O)N(CCO)Cc2cccs2)nn1C. The van der Waals surface area contributed by atoms with Crippen molar-refractivity contribution in [3.63, 3.8) is 0 Å². The van der Waals surface area contributed by atoms with Crippen LogP contribution in [-0.2, 0) is 13.6 Å². The van der Waals surface area contributed by atoms with Crippen LogP contribution >= 0.6 is 11.3 Å². The van der Waals surface area contributed by atoms with Crippen molar-refractivity contribution in [1.82, 2.24) is 14.7 Å². The van der Waals surface area contributed by atoms with Gasteiger partial charge in [0, 0.05) is 24.2 Å². The Hall–Kier alpha value is -1.66. The number of aromatic nitrogens is 2. The van der Waals surface area contributed by atoms with E-state index in [0.717, 1.165) is 10.6 Å². The average molecular weight is 279 g/mol. The zero-order valence-corrected chi connectivity index (χ0v) is 11.9. The molecule has 19 heavy (non-hydrogen) atoms. The first kappa shape index (κ1) is 13.8. The lowest BCUT2D eigenvalue weighted by molar-refractivity contribution is 0.0703. The summed E-state index contributed by atoms with van der Waals surface area (Å²) in [5.74, 6) is -0.147. The molecule has 0 unspecified atom stereocenters. The molecule has 0 saturated heterocycles. The number of carbonyl (C=O) groups is 1. The Morgan fingerprint density at radius 1 is 1.58 bits per heavy atom. The Balaban J connectivity index is 2.16. The molecule has 2 rings (SSSR count). The highest BCUT2D eigenvalue weighted by Gasteiger charge is 2.19. The number of carbonyl (C=O) groups excluding carboxylic acids is 1. The molecule has 0 aromatic carbocycles. The summed E-state index contributed by atoms with van der Waals surface area (Å²) in [6, 6.07) is 5.69. The van der Waals surface area contributed by atoms with E-state index >= 15 is 0 Å². The molecular weight excluding hydrogens is 262 g/mol. The van der Waals surface area contributed by atoms with E-state index in [1.807, 2.05) is 31.5 Å². The van der Waals surface area contributed by atoms with Gasteiger partial charge in [0.2, 0.25) is 0 Å². The molecular formula is C13H17N3O2S. The van der Waals surface area contributed by atoms with Crippen molar-refractivity contribution in [3.05, 3.63) is 39.8 Å². The maximum Gasteiger partial charge on any atom is 0.274 e. The molecule has 5 nitrogen and oxygen atoms in total. The molecule has 0 atom stereocenters. The van der Waals surface area contributed by atoms with Crippen molar-refractivity contribution < 1.29 is 9.90 Å². The van der Waals surface area contributed by atoms with Gasteiger partial charge in [-0.25, -0.2) is 0 Å². The van der Waals surface area contributed by atoms with Crippen LogP contribution in [0, 0.1) is 6.92 Å². The van der Waals surface area contributed by atoms with Gasteiger partial charge in [-0.2, -0.15) is 5.10 Å². The summed E-state index contributed by atoms with van der Waals surface area (Å²) in [5, 5.41) is 15.3. The van der Waals surface area contributed by atoms with E-state index in [4.69, 9.17) is 5.11 Å². The number of amides is 1. The van der Waals surface area contributed by atoms with Crippen LogP contribution in [0.1, 0.15) is 21.1 Å². The van der Waals surface area contributed by atoms with E-state index in [2.05, 4.69) is 5.10 Å². The monoisotopic (exact) mass is 279 g/mol. The van der Waals surface area contributed by atoms with E-state index in [1.54, 1.807) is 27.0 Å². The number of nitrogens with zero attached hydrogens (tertiary/aromatic N) is 3. The van der Waals surface area contributed by atoms with Gasteiger partial charge in [0.25, 0.3) is 5.91 Å². The van der Waals surface area contributed by atoms with Crippen LogP contribution in [0.4, 0.5) is 0 Å². The smallest absolute Gasteiger partial charge is 0.274 e. The van der Waals surface area contributed by atoms with Crippen LogP contribution in [0.15, 0.2) is 23.6 Å². The molecule has 0 aliphatic carbocycles. The number of hydrogen-bond acceptors (Lipinski definition) is 4. The largest absolute Gasteiger partial charge is 0.395 e. The van der Waals surface area contributed by atoms with Crippen LogP contribution in [0.25, 0.3) is 0 Å². The lowest BCUT2D eigenvalue weighted by Crippen LogP contribution is -2.33. The first-order valence-corrected chi connectivity index (χ1v) is 6.93. The number of aryl methyl sites for hydroxylation is 2. The third-order valence-electron chi connectivity index (χ3n) is 2.92. The molecule has 1 amide bonds. The fraction of sp³-hybridized carbons (Fsp3) is 0.385. The molecule has 0 bridgehead atoms. The fourth-order valence-corrected chi connectivity index (χ4v) is 2.51. The average Bonchev–Trinajstić information content (AvgIpc) is 2.99. The molecule has 0 radical (unpaired) electrons. The quantitative estimate of drug-likeness (QED) is 0.900. The molecule has 2 aromatic rings. The Labute approximate surface area is 116 Å². The van der Waals surface area contributed by atoms with Crippen molar-refractivity contribution >= 4 is 17.2 Å². The molecule has 0 saturated carbocycles. The standard InChI is InChI=1S/C13H17N3O2S/c1-10-8-12(14-15(10)2)13(18)16(5-6-17)9-11-4-3-7-19-11/h3-4,7-8,17H,5-6,9H2,1-2H3. The van der Waals surface area contributed by atoms with Gasteiger partial charge >= 0.3 is 0 Å². The van der Waals surface area contributed by atoms with E-state index < -0.39 is 0 Å². The minimum Gasteiger partial charge on any atom is -0.395 e. The number of hydrogen-bond donors (Lipinski definition) is 1. The predicted molar refractivity (Wildman–Crippen MR) is 74.1 cm³/mol. The van der Waals surface area contributed by atoms with E-state index in [-0.39, 0.29) is 12.5 Å². The minimum atomic E-state index is -0.147. The van der Waals surface area contributed by atoms with Crippen LogP contribution in [0.5, 0.6) is 0 Å². The number of rotatable bonds is 5. The highest BCUT2D eigenvalue weighted by atomic mass is 32.1. The summed E-state index contributed by atoms with van der Waals surface area (Å²) in [4.78, 5) is 15.1. The molecule has 2 heterocycles. The highest BCUT2D eigenvalue weighted by molar-refractivity contribution is 7.09. The van der Waals surface area contributed by atoms with Gasteiger partial charge in [-0.05, 0) is 24.4 Å². The first-order valence-electron chi connectivity index (χ1n) is 6.05. The fourth-order valence-electron chi connectivity index (χ4n) is 1.79. The van der Waals surface area contributed by atoms with Crippen LogP contribution < -0.4 is 0 Å². The van der Waals surface area contributed by atoms with Crippen molar-refractivity contribution in [2.75, 3.05) is 13.2 Å². The highest BCUT2D eigenvalue weighted by Crippen LogP contribution is 2.14. The minimum absolute atomic E-state index is 0.0526. The maximum atomic E-state index is 12.4. The number of thiophene rings is 1. The normalized spacial score (nSPS) is 10.7. The van der Waals surface area contributed by atoms with Gasteiger partial charge in [0.05, 0.1) is 13.2 Å². The Morgan fingerprint density at radius 3 is 2.89 bits per heavy atom. The molecule has 0 spiro atoms. The second kappa shape index (κ2) is 5.99. The summed E-state index contributed by atoms with van der Waals surface area (Å²) in [6.07, 6.45) is 0. The molecule has 1 N–H and O–H groups in total. The lowest BCUT2D eigenvalue weighted by atomic mass is 10.3. The van der Waals surface area contributed by atoms with Gasteiger partial charge in [-0.1, -0.05) is 6.07 Å². The van der Waals surface area contributed by atoms with Crippen molar-refractivity contribution in [2.45, 2.75) is 13.5 Å². The Kier molecular flexibility index (Phi) is 4.34. The van der Waals surface area contributed by atoms with Gasteiger partial charge < -0.3 is 10.0 Å². The van der Waals surface area contributed by atoms with Gasteiger partial charge in [-0.3, -0.25) is 9.48 Å². The Bertz CT molecular complexity index is 529. The van der Waals surface area contributed by atoms with Crippen molar-refractivity contribution in [2.24, 2.45) is 7.05 Å². The van der Waals surface area contributed by atoms with Crippen LogP contribution in [0.2, 0.25) is 0 Å². The van der Waals surface area contributed by atoms with Gasteiger partial charge in [0.15, 0.2) is 5.69 Å². The zero-order valence-electron chi connectivity index (χ0n) is 11.0. The topological polar surface area (TPSA) is 58.4 Å². The number of aliphatic hydroxyl groups excluding tert-OH is 1. The molecule has 6 heteroatoms. The Morgan fingerprint density at radius 2 is 2.37 bits per heavy atom. The second-order valence-corrected chi connectivity index (χ2v) is 5.36. The van der Waals surface area contributed by atoms with E-state index in [0.29, 0.717) is 18.8 Å². The first-order chi connectivity index (χ1) is 9.11. The maximum absolute atomic E-state index is 12.4. The molecule has 0 aliphatic heterocycles. The zero-order chi connectivity index (χ0) is 13.8. The molecule has 0 fully saturated rings. The van der Waals surface area contributed by atoms with Gasteiger partial charge in [-0.15, -0.1) is 11.3 Å². The van der Waals surface area contributed by atoms with E-state index in [9.17, 15) is 4.79 Å². The third kappa shape index (κ3) is 3.21. The summed E-state index contributed by atoms with van der Waals surface area (Å²) in [5.41, 5.74) is 1.36. The number of aliphatic hydroxyl groups is 1. The van der Waals surface area contributed by atoms with Gasteiger partial charge in [0.1, 0.15) is 0 Å². The molecule has 2 aromatic heterocycles.